The molecule has 7 heteroatoms. The minimum atomic E-state index is -0.310. The molecule has 1 aromatic carbocycles. The molecule has 2 aromatic heterocycles. The van der Waals surface area contributed by atoms with Crippen molar-refractivity contribution in [2.75, 3.05) is 10.7 Å². The van der Waals surface area contributed by atoms with Crippen LogP contribution in [0.5, 0.6) is 0 Å². The van der Waals surface area contributed by atoms with Gasteiger partial charge in [0, 0.05) is 10.4 Å². The average molecular weight is 285 g/mol. The molecule has 0 unspecified atom stereocenters. The number of nitrogens with zero attached hydrogens (tertiary/aromatic N) is 2. The van der Waals surface area contributed by atoms with Crippen LogP contribution in [0, 0.1) is 0 Å². The Morgan fingerprint density at radius 3 is 2.85 bits per heavy atom. The molecule has 0 atom stereocenters. The third kappa shape index (κ3) is 2.44. The number of carbonyl (C=O) groups excluding carboxylic acids is 1. The molecule has 3 aromatic rings. The molecular formula is C13H11N5OS. The van der Waals surface area contributed by atoms with Crippen LogP contribution in [0.15, 0.2) is 42.0 Å². The van der Waals surface area contributed by atoms with Crippen LogP contribution in [-0.2, 0) is 0 Å². The summed E-state index contributed by atoms with van der Waals surface area (Å²) in [6.07, 6.45) is 2.77. The quantitative estimate of drug-likeness (QED) is 0.507. The first-order valence-electron chi connectivity index (χ1n) is 5.83. The molecule has 1 amide bonds. The Morgan fingerprint density at radius 2 is 2.10 bits per heavy atom. The fourth-order valence-electron chi connectivity index (χ4n) is 1.76. The van der Waals surface area contributed by atoms with Crippen LogP contribution in [0.1, 0.15) is 10.5 Å². The molecule has 0 radical (unpaired) electrons. The second kappa shape index (κ2) is 5.24. The molecule has 0 aliphatic rings. The fraction of sp³-hybridized carbons (Fsp3) is 0. The van der Waals surface area contributed by atoms with E-state index in [2.05, 4.69) is 20.7 Å². The van der Waals surface area contributed by atoms with Crippen molar-refractivity contribution < 1.29 is 4.79 Å². The second-order valence-electron chi connectivity index (χ2n) is 4.06. The molecule has 0 bridgehead atoms. The molecular weight excluding hydrogens is 274 g/mol. The molecule has 0 saturated carbocycles. The van der Waals surface area contributed by atoms with Gasteiger partial charge < -0.3 is 10.7 Å². The summed E-state index contributed by atoms with van der Waals surface area (Å²) in [5.41, 5.74) is 3.31. The van der Waals surface area contributed by atoms with Crippen LogP contribution < -0.4 is 16.6 Å². The zero-order valence-electron chi connectivity index (χ0n) is 10.3. The molecule has 0 fully saturated rings. The predicted molar refractivity (Wildman–Crippen MR) is 79.6 cm³/mol. The molecule has 0 aliphatic carbocycles. The average Bonchev–Trinajstić information content (AvgIpc) is 2.95. The summed E-state index contributed by atoms with van der Waals surface area (Å²) in [6, 6.07) is 7.77. The molecule has 20 heavy (non-hydrogen) atoms. The maximum absolute atomic E-state index is 12.0. The van der Waals surface area contributed by atoms with Crippen LogP contribution in [0.2, 0.25) is 0 Å². The van der Waals surface area contributed by atoms with E-state index in [0.717, 1.165) is 11.1 Å². The summed E-state index contributed by atoms with van der Waals surface area (Å²) in [6.45, 7) is 0. The Morgan fingerprint density at radius 1 is 1.20 bits per heavy atom. The first-order valence-corrected chi connectivity index (χ1v) is 6.71. The normalized spacial score (nSPS) is 10.4. The van der Waals surface area contributed by atoms with Gasteiger partial charge in [-0.15, -0.1) is 11.3 Å². The lowest BCUT2D eigenvalue weighted by atomic mass is 10.2. The summed E-state index contributed by atoms with van der Waals surface area (Å²) in [5, 5.41) is 5.90. The summed E-state index contributed by atoms with van der Waals surface area (Å²) in [7, 11) is 0. The standard InChI is InChI=1S/C13H11N5OS/c14-18-12-7-15-10(6-16-12)13(19)17-9-1-2-11-8(5-9)3-4-20-11/h1-7H,14H2,(H,16,18)(H,17,19). The van der Waals surface area contributed by atoms with Crippen molar-refractivity contribution in [1.82, 2.24) is 9.97 Å². The largest absolute Gasteiger partial charge is 0.321 e. The second-order valence-corrected chi connectivity index (χ2v) is 5.01. The SMILES string of the molecule is NNc1cnc(C(=O)Nc2ccc3sccc3c2)cn1. The van der Waals surface area contributed by atoms with E-state index in [1.54, 1.807) is 11.3 Å². The topological polar surface area (TPSA) is 92.9 Å². The molecule has 100 valence electrons. The zero-order chi connectivity index (χ0) is 13.9. The van der Waals surface area contributed by atoms with E-state index in [1.165, 1.54) is 17.1 Å². The number of thiophene rings is 1. The highest BCUT2D eigenvalue weighted by Gasteiger charge is 2.08. The Labute approximate surface area is 118 Å². The van der Waals surface area contributed by atoms with Gasteiger partial charge in [-0.3, -0.25) is 4.79 Å². The van der Waals surface area contributed by atoms with E-state index < -0.39 is 0 Å². The molecule has 0 aliphatic heterocycles. The van der Waals surface area contributed by atoms with E-state index in [-0.39, 0.29) is 11.6 Å². The first kappa shape index (κ1) is 12.5. The zero-order valence-corrected chi connectivity index (χ0v) is 11.1. The number of hydrogen-bond donors (Lipinski definition) is 3. The van der Waals surface area contributed by atoms with Crippen molar-refractivity contribution in [2.24, 2.45) is 5.84 Å². The molecule has 0 saturated heterocycles. The van der Waals surface area contributed by atoms with Gasteiger partial charge in [0.1, 0.15) is 5.69 Å². The van der Waals surface area contributed by atoms with Gasteiger partial charge in [-0.05, 0) is 35.0 Å². The Bertz CT molecular complexity index is 753. The van der Waals surface area contributed by atoms with Gasteiger partial charge in [0.05, 0.1) is 12.4 Å². The molecule has 0 spiro atoms. The highest BCUT2D eigenvalue weighted by molar-refractivity contribution is 7.17. The number of aromatic nitrogens is 2. The fourth-order valence-corrected chi connectivity index (χ4v) is 2.53. The lowest BCUT2D eigenvalue weighted by Crippen LogP contribution is -2.15. The van der Waals surface area contributed by atoms with Crippen LogP contribution in [0.3, 0.4) is 0 Å². The van der Waals surface area contributed by atoms with Gasteiger partial charge in [0.25, 0.3) is 5.91 Å². The molecule has 6 nitrogen and oxygen atoms in total. The smallest absolute Gasteiger partial charge is 0.275 e. The third-order valence-electron chi connectivity index (χ3n) is 2.74. The third-order valence-corrected chi connectivity index (χ3v) is 3.64. The van der Waals surface area contributed by atoms with Gasteiger partial charge in [-0.25, -0.2) is 15.8 Å². The Balaban J connectivity index is 1.80. The van der Waals surface area contributed by atoms with Gasteiger partial charge in [0.15, 0.2) is 5.82 Å². The maximum atomic E-state index is 12.0. The summed E-state index contributed by atoms with van der Waals surface area (Å²) in [5.74, 6) is 5.28. The van der Waals surface area contributed by atoms with E-state index in [9.17, 15) is 4.79 Å². The van der Waals surface area contributed by atoms with Crippen molar-refractivity contribution in [1.29, 1.82) is 0 Å². The number of anilines is 2. The Kier molecular flexibility index (Phi) is 3.28. The lowest BCUT2D eigenvalue weighted by molar-refractivity contribution is 0.102. The Hall–Kier alpha value is -2.51. The first-order chi connectivity index (χ1) is 9.76. The van der Waals surface area contributed by atoms with Crippen molar-refractivity contribution in [3.63, 3.8) is 0 Å². The van der Waals surface area contributed by atoms with Crippen molar-refractivity contribution >= 4 is 38.8 Å². The minimum absolute atomic E-state index is 0.231. The number of amides is 1. The van der Waals surface area contributed by atoms with Gasteiger partial charge in [-0.2, -0.15) is 0 Å². The number of rotatable bonds is 3. The van der Waals surface area contributed by atoms with E-state index in [1.807, 2.05) is 29.6 Å². The summed E-state index contributed by atoms with van der Waals surface area (Å²) >= 11 is 1.66. The van der Waals surface area contributed by atoms with Crippen LogP contribution in [-0.4, -0.2) is 15.9 Å². The number of carbonyl (C=O) groups is 1. The van der Waals surface area contributed by atoms with Crippen molar-refractivity contribution in [2.45, 2.75) is 0 Å². The van der Waals surface area contributed by atoms with E-state index >= 15 is 0 Å². The van der Waals surface area contributed by atoms with Crippen LogP contribution in [0.25, 0.3) is 10.1 Å². The number of nitrogens with one attached hydrogen (secondary N) is 2. The number of nitrogen functional groups attached to an aromatic ring is 1. The van der Waals surface area contributed by atoms with Gasteiger partial charge in [0.2, 0.25) is 0 Å². The lowest BCUT2D eigenvalue weighted by Gasteiger charge is -2.05. The maximum Gasteiger partial charge on any atom is 0.275 e. The molecule has 3 rings (SSSR count). The summed E-state index contributed by atoms with van der Waals surface area (Å²) in [4.78, 5) is 20.0. The highest BCUT2D eigenvalue weighted by Crippen LogP contribution is 2.24. The predicted octanol–water partition coefficient (Wildman–Crippen LogP) is 2.23. The van der Waals surface area contributed by atoms with E-state index in [0.29, 0.717) is 5.82 Å². The summed E-state index contributed by atoms with van der Waals surface area (Å²) < 4.78 is 1.18. The number of fused-ring (bicyclic) bond motifs is 1. The van der Waals surface area contributed by atoms with Gasteiger partial charge in [-0.1, -0.05) is 0 Å². The van der Waals surface area contributed by atoms with Crippen LogP contribution >= 0.6 is 11.3 Å². The number of nitrogens with two attached hydrogens (primary N) is 1. The number of hydrazine groups is 1. The van der Waals surface area contributed by atoms with E-state index in [4.69, 9.17) is 5.84 Å². The van der Waals surface area contributed by atoms with Gasteiger partial charge >= 0.3 is 0 Å². The number of hydrogen-bond acceptors (Lipinski definition) is 6. The number of benzene rings is 1. The molecule has 2 heterocycles. The van der Waals surface area contributed by atoms with Crippen LogP contribution in [0.4, 0.5) is 11.5 Å². The van der Waals surface area contributed by atoms with Crippen molar-refractivity contribution in [3.05, 3.63) is 47.7 Å². The monoisotopic (exact) mass is 285 g/mol. The highest BCUT2D eigenvalue weighted by atomic mass is 32.1. The van der Waals surface area contributed by atoms with Crippen molar-refractivity contribution in [3.8, 4) is 0 Å². The molecule has 4 N–H and O–H groups in total. The minimum Gasteiger partial charge on any atom is -0.321 e.